The van der Waals surface area contributed by atoms with Gasteiger partial charge in [0.05, 0.1) is 0 Å². The quantitative estimate of drug-likeness (QED) is 0.693. The number of ether oxygens (including phenoxy) is 1. The lowest BCUT2D eigenvalue weighted by Crippen LogP contribution is -2.09. The van der Waals surface area contributed by atoms with Crippen molar-refractivity contribution >= 4 is 5.97 Å². The molecular weight excluding hydrogens is 160 g/mol. The number of hydrogen-bond donors (Lipinski definition) is 2. The van der Waals surface area contributed by atoms with Gasteiger partial charge < -0.3 is 14.9 Å². The van der Waals surface area contributed by atoms with Crippen molar-refractivity contribution < 1.29 is 19.7 Å². The summed E-state index contributed by atoms with van der Waals surface area (Å²) in [6.45, 7) is -0.419. The smallest absolute Gasteiger partial charge is 0.341 e. The second-order valence-corrected chi connectivity index (χ2v) is 2.11. The molecule has 0 amide bonds. The summed E-state index contributed by atoms with van der Waals surface area (Å²) in [5, 5.41) is 17.2. The molecule has 0 unspecified atom stereocenters. The van der Waals surface area contributed by atoms with Gasteiger partial charge in [0.25, 0.3) is 0 Å². The molecular formula is C8H7O4. The summed E-state index contributed by atoms with van der Waals surface area (Å²) in [4.78, 5) is 10.1. The van der Waals surface area contributed by atoms with Crippen molar-refractivity contribution in [3.05, 3.63) is 24.3 Å². The molecule has 0 aliphatic heterocycles. The van der Waals surface area contributed by atoms with E-state index < -0.39 is 12.6 Å². The fourth-order valence-corrected chi connectivity index (χ4v) is 0.667. The summed E-state index contributed by atoms with van der Waals surface area (Å²) in [5.41, 5.74) is 0. The van der Waals surface area contributed by atoms with Crippen molar-refractivity contribution in [3.63, 3.8) is 0 Å². The van der Waals surface area contributed by atoms with Crippen LogP contribution in [0.3, 0.4) is 0 Å². The van der Waals surface area contributed by atoms with Crippen molar-refractivity contribution in [2.24, 2.45) is 0 Å². The standard InChI is InChI=1S/C8H7O4/c9-6-2-1-3-7(4-6)12-5-8(10)11/h2-4,9H,5H2,(H,10,11). The van der Waals surface area contributed by atoms with E-state index in [2.05, 4.69) is 6.07 Å². The summed E-state index contributed by atoms with van der Waals surface area (Å²) in [7, 11) is 0. The van der Waals surface area contributed by atoms with Crippen LogP contribution in [0.25, 0.3) is 0 Å². The number of benzene rings is 1. The van der Waals surface area contributed by atoms with Gasteiger partial charge in [0, 0.05) is 6.07 Å². The maximum absolute atomic E-state index is 10.1. The fourth-order valence-electron chi connectivity index (χ4n) is 0.667. The number of rotatable bonds is 3. The predicted molar refractivity (Wildman–Crippen MR) is 40.1 cm³/mol. The number of aromatic hydroxyl groups is 1. The van der Waals surface area contributed by atoms with Crippen LogP contribution in [-0.2, 0) is 4.79 Å². The monoisotopic (exact) mass is 167 g/mol. The number of aliphatic carboxylic acids is 1. The van der Waals surface area contributed by atoms with Gasteiger partial charge in [0.1, 0.15) is 11.5 Å². The maximum atomic E-state index is 10.1. The Labute approximate surface area is 69.0 Å². The van der Waals surface area contributed by atoms with Gasteiger partial charge in [-0.25, -0.2) is 4.79 Å². The van der Waals surface area contributed by atoms with Crippen LogP contribution in [0.15, 0.2) is 18.2 Å². The van der Waals surface area contributed by atoms with Crippen molar-refractivity contribution in [2.75, 3.05) is 6.61 Å². The molecule has 0 atom stereocenters. The number of carboxylic acid groups (broad SMARTS) is 1. The van der Waals surface area contributed by atoms with Gasteiger partial charge in [-0.15, -0.1) is 0 Å². The zero-order chi connectivity index (χ0) is 8.97. The Morgan fingerprint density at radius 1 is 1.58 bits per heavy atom. The summed E-state index contributed by atoms with van der Waals surface area (Å²) in [5.74, 6) is -0.770. The normalized spacial score (nSPS) is 9.33. The van der Waals surface area contributed by atoms with E-state index in [9.17, 15) is 4.79 Å². The highest BCUT2D eigenvalue weighted by Crippen LogP contribution is 2.16. The summed E-state index contributed by atoms with van der Waals surface area (Å²) >= 11 is 0. The van der Waals surface area contributed by atoms with Crippen molar-refractivity contribution in [1.82, 2.24) is 0 Å². The zero-order valence-electron chi connectivity index (χ0n) is 6.15. The first-order valence-electron chi connectivity index (χ1n) is 3.23. The molecule has 4 heteroatoms. The highest BCUT2D eigenvalue weighted by Gasteiger charge is 1.98. The minimum Gasteiger partial charge on any atom is -0.508 e. The Balaban J connectivity index is 2.57. The fraction of sp³-hybridized carbons (Fsp3) is 0.125. The van der Waals surface area contributed by atoms with E-state index in [0.717, 1.165) is 0 Å². The molecule has 1 aromatic rings. The second kappa shape index (κ2) is 3.61. The molecule has 0 bridgehead atoms. The topological polar surface area (TPSA) is 66.8 Å². The van der Waals surface area contributed by atoms with Crippen molar-refractivity contribution in [1.29, 1.82) is 0 Å². The van der Waals surface area contributed by atoms with E-state index in [4.69, 9.17) is 14.9 Å². The maximum Gasteiger partial charge on any atom is 0.341 e. The van der Waals surface area contributed by atoms with Gasteiger partial charge in [0.15, 0.2) is 6.61 Å². The molecule has 2 N–H and O–H groups in total. The molecule has 0 aliphatic carbocycles. The number of carboxylic acids is 1. The lowest BCUT2D eigenvalue weighted by molar-refractivity contribution is -0.139. The largest absolute Gasteiger partial charge is 0.508 e. The molecule has 0 heterocycles. The third-order valence-corrected chi connectivity index (χ3v) is 1.11. The molecule has 1 aromatic carbocycles. The van der Waals surface area contributed by atoms with Crippen molar-refractivity contribution in [2.45, 2.75) is 0 Å². The van der Waals surface area contributed by atoms with Crippen LogP contribution in [0.5, 0.6) is 11.5 Å². The number of phenolic OH excluding ortho intramolecular Hbond substituents is 1. The average molecular weight is 167 g/mol. The Kier molecular flexibility index (Phi) is 2.53. The molecule has 1 radical (unpaired) electrons. The van der Waals surface area contributed by atoms with Crippen molar-refractivity contribution in [3.8, 4) is 11.5 Å². The number of hydrogen-bond acceptors (Lipinski definition) is 3. The van der Waals surface area contributed by atoms with Gasteiger partial charge in [0.2, 0.25) is 0 Å². The van der Waals surface area contributed by atoms with Gasteiger partial charge in [-0.05, 0) is 18.2 Å². The molecule has 0 aliphatic rings. The third kappa shape index (κ3) is 2.49. The molecule has 12 heavy (non-hydrogen) atoms. The molecule has 0 spiro atoms. The summed E-state index contributed by atoms with van der Waals surface area (Å²) in [6.07, 6.45) is 0. The van der Waals surface area contributed by atoms with Gasteiger partial charge in [-0.2, -0.15) is 0 Å². The SMILES string of the molecule is O=C(O)COc1c[c]cc(O)c1. The van der Waals surface area contributed by atoms with Crippen LogP contribution in [0.4, 0.5) is 0 Å². The minimum absolute atomic E-state index is 0.00195. The van der Waals surface area contributed by atoms with Gasteiger partial charge >= 0.3 is 5.97 Å². The molecule has 4 nitrogen and oxygen atoms in total. The second-order valence-electron chi connectivity index (χ2n) is 2.11. The molecule has 0 aromatic heterocycles. The van der Waals surface area contributed by atoms with E-state index in [1.165, 1.54) is 18.2 Å². The number of phenols is 1. The Bertz CT molecular complexity index is 282. The van der Waals surface area contributed by atoms with Crippen LogP contribution in [-0.4, -0.2) is 22.8 Å². The first-order chi connectivity index (χ1) is 5.68. The van der Waals surface area contributed by atoms with E-state index in [0.29, 0.717) is 0 Å². The molecule has 0 saturated heterocycles. The van der Waals surface area contributed by atoms with E-state index in [1.54, 1.807) is 0 Å². The lowest BCUT2D eigenvalue weighted by Gasteiger charge is -2.01. The van der Waals surface area contributed by atoms with Crippen LogP contribution in [0.1, 0.15) is 0 Å². The first-order valence-corrected chi connectivity index (χ1v) is 3.23. The van der Waals surface area contributed by atoms with Crippen LogP contribution >= 0.6 is 0 Å². The Morgan fingerprint density at radius 2 is 2.33 bits per heavy atom. The Hall–Kier alpha value is -1.71. The first kappa shape index (κ1) is 8.39. The number of carbonyl (C=O) groups is 1. The van der Waals surface area contributed by atoms with E-state index in [-0.39, 0.29) is 11.5 Å². The Morgan fingerprint density at radius 3 is 2.92 bits per heavy atom. The molecule has 0 saturated carbocycles. The third-order valence-electron chi connectivity index (χ3n) is 1.11. The minimum atomic E-state index is -1.06. The van der Waals surface area contributed by atoms with Crippen LogP contribution in [0, 0.1) is 6.07 Å². The van der Waals surface area contributed by atoms with Crippen LogP contribution < -0.4 is 4.74 Å². The highest BCUT2D eigenvalue weighted by atomic mass is 16.5. The predicted octanol–water partition coefficient (Wildman–Crippen LogP) is 0.656. The molecule has 0 fully saturated rings. The van der Waals surface area contributed by atoms with Crippen LogP contribution in [0.2, 0.25) is 0 Å². The lowest BCUT2D eigenvalue weighted by atomic mass is 10.3. The summed E-state index contributed by atoms with van der Waals surface area (Å²) in [6, 6.07) is 6.71. The highest BCUT2D eigenvalue weighted by molar-refractivity contribution is 5.68. The molecule has 63 valence electrons. The molecule has 1 rings (SSSR count). The zero-order valence-corrected chi connectivity index (χ0v) is 6.15. The average Bonchev–Trinajstić information content (AvgIpc) is 2.01. The van der Waals surface area contributed by atoms with E-state index >= 15 is 0 Å². The van der Waals surface area contributed by atoms with Gasteiger partial charge in [-0.1, -0.05) is 0 Å². The summed E-state index contributed by atoms with van der Waals surface area (Å²) < 4.78 is 4.76. The van der Waals surface area contributed by atoms with Gasteiger partial charge in [-0.3, -0.25) is 0 Å². The van der Waals surface area contributed by atoms with E-state index in [1.807, 2.05) is 0 Å².